The summed E-state index contributed by atoms with van der Waals surface area (Å²) in [6.45, 7) is 0. The van der Waals surface area contributed by atoms with Gasteiger partial charge in [0, 0.05) is 0 Å². The fourth-order valence-corrected chi connectivity index (χ4v) is 0. The predicted octanol–water partition coefficient (Wildman–Crippen LogP) is -5.82. The van der Waals surface area contributed by atoms with Crippen molar-refractivity contribution in [3.63, 3.8) is 0 Å². The van der Waals surface area contributed by atoms with Crippen LogP contribution in [-0.2, 0) is 4.57 Å². The second-order valence-electron chi connectivity index (χ2n) is 0.447. The highest BCUT2D eigenvalue weighted by Gasteiger charge is 1.44. The first-order valence-electron chi connectivity index (χ1n) is 0.730. The Bertz CT molecular complexity index is 53.7. The molecular weight excluding hydrogens is 114 g/mol. The normalized spacial score (nSPS) is 9.83. The fourth-order valence-electron chi connectivity index (χ4n) is 0. The van der Waals surface area contributed by atoms with E-state index in [0.717, 1.165) is 0 Å². The third kappa shape index (κ3) is 23300. The molecule has 0 spiro atoms. The van der Waals surface area contributed by atoms with Gasteiger partial charge in [-0.25, -0.2) is 0 Å². The van der Waals surface area contributed by atoms with Gasteiger partial charge in [-0.05, 0) is 0 Å². The topological polar surface area (TPSA) is 86.2 Å². The smallest absolute Gasteiger partial charge is 0.159 e. The van der Waals surface area contributed by atoms with Crippen molar-refractivity contribution < 1.29 is 23.9 Å². The Balaban J connectivity index is 0. The molecule has 0 aromatic rings. The van der Waals surface area contributed by atoms with Crippen LogP contribution < -0.4 is 19.4 Å². The van der Waals surface area contributed by atoms with E-state index in [0.29, 0.717) is 0 Å². The summed E-state index contributed by atoms with van der Waals surface area (Å²) in [4.78, 5) is 25.6. The van der Waals surface area contributed by atoms with E-state index in [1.165, 1.54) is 0 Å². The Morgan fingerprint density at radius 1 is 1.17 bits per heavy atom. The Hall–Kier alpha value is 0.0400. The van der Waals surface area contributed by atoms with E-state index in [1.54, 1.807) is 0 Å². The summed E-state index contributed by atoms with van der Waals surface area (Å²) in [6.07, 6.45) is 0. The monoisotopic (exact) mass is 114 g/mol. The minimum atomic E-state index is -5.39. The third-order valence-electron chi connectivity index (χ3n) is 0. The van der Waals surface area contributed by atoms with E-state index in [2.05, 4.69) is 0 Å². The lowest BCUT2D eigenvalue weighted by atomic mass is 15.8. The van der Waals surface area contributed by atoms with Gasteiger partial charge in [0.1, 0.15) is 0 Å². The van der Waals surface area contributed by atoms with Gasteiger partial charge in [-0.15, -0.1) is 0 Å². The molecule has 0 N–H and O–H groups in total. The first-order valence-corrected chi connectivity index (χ1v) is 2.19. The van der Waals surface area contributed by atoms with E-state index in [4.69, 9.17) is 19.2 Å². The zero-order valence-electron chi connectivity index (χ0n) is 2.46. The first kappa shape index (κ1) is 9.40. The molecule has 0 saturated carbocycles. The van der Waals surface area contributed by atoms with Gasteiger partial charge >= 0.3 is 0 Å². The van der Waals surface area contributed by atoms with Crippen molar-refractivity contribution in [3.05, 3.63) is 0 Å². The van der Waals surface area contributed by atoms with Crippen LogP contribution in [0.3, 0.4) is 0 Å². The average Bonchev–Trinajstić information content (AvgIpc) is 0.722. The highest BCUT2D eigenvalue weighted by atomic mass is 31.2. The summed E-state index contributed by atoms with van der Waals surface area (Å²) in [5.74, 6) is 0. The van der Waals surface area contributed by atoms with Crippen LogP contribution in [0.25, 0.3) is 0 Å². The average molecular weight is 114 g/mol. The van der Waals surface area contributed by atoms with Crippen LogP contribution in [0.4, 0.5) is 0 Å². The summed E-state index contributed by atoms with van der Waals surface area (Å²) in [5.41, 5.74) is 0. The van der Waals surface area contributed by atoms with Gasteiger partial charge in [0.2, 0.25) is 0 Å². The van der Waals surface area contributed by atoms with Crippen molar-refractivity contribution >= 4 is 7.82 Å². The third-order valence-corrected chi connectivity index (χ3v) is 0. The van der Waals surface area contributed by atoms with Gasteiger partial charge in [0.25, 0.3) is 0 Å². The summed E-state index contributed by atoms with van der Waals surface area (Å²) in [5, 5.41) is 0. The lowest BCUT2D eigenvalue weighted by Crippen LogP contribution is -3.00. The molecule has 0 aliphatic carbocycles. The van der Waals surface area contributed by atoms with Crippen LogP contribution in [0.2, 0.25) is 0 Å². The van der Waals surface area contributed by atoms with Crippen molar-refractivity contribution in [2.24, 2.45) is 0 Å². The molecule has 0 amide bonds. The summed E-state index contributed by atoms with van der Waals surface area (Å²) in [7, 11) is -5.39. The molecule has 0 unspecified atom stereocenters. The first-order chi connectivity index (χ1) is 2.00. The molecule has 6 heavy (non-hydrogen) atoms. The quantitative estimate of drug-likeness (QED) is 0.293. The van der Waals surface area contributed by atoms with Crippen LogP contribution in [0.1, 0.15) is 0 Å². The van der Waals surface area contributed by atoms with E-state index in [-0.39, 0.29) is 4.70 Å². The summed E-state index contributed by atoms with van der Waals surface area (Å²) >= 11 is 0. The summed E-state index contributed by atoms with van der Waals surface area (Å²) < 4.78 is 8.55. The van der Waals surface area contributed by atoms with Crippen molar-refractivity contribution in [1.82, 2.24) is 0 Å². The Kier molecular flexibility index (Phi) is 3.53. The largest absolute Gasteiger partial charge is 1.00 e. The highest BCUT2D eigenvalue weighted by Crippen LogP contribution is 2.03. The molecule has 0 bridgehead atoms. The highest BCUT2D eigenvalue weighted by molar-refractivity contribution is 7.40. The minimum absolute atomic E-state index is 0. The molecule has 0 fully saturated rings. The van der Waals surface area contributed by atoms with Crippen molar-refractivity contribution in [2.45, 2.75) is 0 Å². The van der Waals surface area contributed by atoms with Crippen LogP contribution >= 0.6 is 7.82 Å². The van der Waals surface area contributed by atoms with Gasteiger partial charge in [-0.1, -0.05) is 0 Å². The maximum atomic E-state index is 8.55. The van der Waals surface area contributed by atoms with Crippen LogP contribution in [0, 0.1) is 0 Å². The van der Waals surface area contributed by atoms with Crippen molar-refractivity contribution in [1.29, 1.82) is 0 Å². The van der Waals surface area contributed by atoms with E-state index < -0.39 is 7.82 Å². The summed E-state index contributed by atoms with van der Waals surface area (Å²) in [6, 6.07) is 0. The molecule has 0 heterocycles. The molecule has 0 aromatic carbocycles. The van der Waals surface area contributed by atoms with Gasteiger partial charge in [0.15, 0.2) is 0 Å². The number of rotatable bonds is 0. The lowest BCUT2D eigenvalue weighted by molar-refractivity contribution is -0.432. The molecule has 0 rings (SSSR count). The van der Waals surface area contributed by atoms with Crippen LogP contribution in [-0.4, -0.2) is 0 Å². The van der Waals surface area contributed by atoms with Gasteiger partial charge in [0.05, 0.1) is 0 Å². The van der Waals surface area contributed by atoms with Crippen LogP contribution in [0.15, 0.2) is 0 Å². The van der Waals surface area contributed by atoms with E-state index in [9.17, 15) is 0 Å². The molecule has 0 aliphatic rings. The molecule has 0 aromatic heterocycles. The molecule has 6 heteroatoms. The molecule has 0 radical (unpaired) electrons. The maximum Gasteiger partial charge on any atom is -0.159 e. The van der Waals surface area contributed by atoms with Gasteiger partial charge in [-0.3, -0.25) is 0 Å². The second kappa shape index (κ2) is 2.25. The number of hydrogen-bond donors (Lipinski definition) is 0. The lowest BCUT2D eigenvalue weighted by Gasteiger charge is -2.36. The predicted molar refractivity (Wildman–Crippen MR) is 7.61 cm³/mol. The molecule has 4 nitrogen and oxygen atoms in total. The number of hydrogen-bond acceptors (Lipinski definition) is 4. The maximum absolute atomic E-state index is 8.55. The Morgan fingerprint density at radius 3 is 1.17 bits per heavy atom. The fraction of sp³-hybridized carbons (Fsp3) is 0. The Labute approximate surface area is 33.0 Å². The minimum Gasteiger partial charge on any atom is -1.00 e. The molecule has 0 saturated heterocycles. The van der Waals surface area contributed by atoms with Gasteiger partial charge in [-0.2, -0.15) is 7.82 Å². The van der Waals surface area contributed by atoms with E-state index in [1.807, 2.05) is 0 Å². The second-order valence-corrected chi connectivity index (χ2v) is 1.34. The molecule has 0 atom stereocenters. The number of phosphoric acid groups is 1. The SMILES string of the molecule is O=P([O-])([O-])[O-].[F-]. The standard InChI is InChI=1S/FH.H3O4P/c;1-5(2,3)4/h1H;(H3,1,2,3,4)/p-4. The zero-order valence-corrected chi connectivity index (χ0v) is 3.35. The number of halogens is 1. The van der Waals surface area contributed by atoms with Crippen molar-refractivity contribution in [2.75, 3.05) is 0 Å². The Morgan fingerprint density at radius 2 is 1.17 bits per heavy atom. The molecular formula is FO4P-4. The van der Waals surface area contributed by atoms with Crippen LogP contribution in [0.5, 0.6) is 0 Å². The van der Waals surface area contributed by atoms with E-state index >= 15 is 0 Å². The van der Waals surface area contributed by atoms with Crippen molar-refractivity contribution in [3.8, 4) is 0 Å². The molecule has 40 valence electrons. The molecule has 0 aliphatic heterocycles. The van der Waals surface area contributed by atoms with Gasteiger partial charge < -0.3 is 23.9 Å². The zero-order chi connectivity index (χ0) is 4.50.